The molecule has 0 heterocycles. The van der Waals surface area contributed by atoms with Crippen molar-refractivity contribution in [2.75, 3.05) is 0 Å². The Morgan fingerprint density at radius 1 is 1.15 bits per heavy atom. The van der Waals surface area contributed by atoms with Crippen LogP contribution in [0.4, 0.5) is 0 Å². The van der Waals surface area contributed by atoms with Crippen LogP contribution in [-0.2, 0) is 11.8 Å². The Labute approximate surface area is 164 Å². The molecule has 2 N–H and O–H groups in total. The maximum atomic E-state index is 10.6. The van der Waals surface area contributed by atoms with Crippen LogP contribution in [0.1, 0.15) is 89.7 Å². The zero-order chi connectivity index (χ0) is 19.2. The number of aryl methyl sites for hydroxylation is 1. The van der Waals surface area contributed by atoms with E-state index in [-0.39, 0.29) is 16.9 Å². The van der Waals surface area contributed by atoms with Crippen LogP contribution < -0.4 is 0 Å². The maximum Gasteiger partial charge on any atom is 0.115 e. The first-order valence-electron chi connectivity index (χ1n) is 11.1. The molecular weight excluding hydrogens is 332 g/mol. The predicted molar refractivity (Wildman–Crippen MR) is 111 cm³/mol. The molecule has 27 heavy (non-hydrogen) atoms. The summed E-state index contributed by atoms with van der Waals surface area (Å²) in [7, 11) is 0. The Balaban J connectivity index is 1.77. The van der Waals surface area contributed by atoms with Gasteiger partial charge in [-0.05, 0) is 86.0 Å². The lowest BCUT2D eigenvalue weighted by atomic mass is 9.53. The van der Waals surface area contributed by atoms with Crippen LogP contribution in [0.25, 0.3) is 0 Å². The van der Waals surface area contributed by atoms with Gasteiger partial charge in [0.2, 0.25) is 0 Å². The van der Waals surface area contributed by atoms with Crippen molar-refractivity contribution in [3.8, 4) is 5.75 Å². The second-order valence-corrected chi connectivity index (χ2v) is 9.86. The number of hydrogen-bond donors (Lipinski definition) is 2. The average molecular weight is 369 g/mol. The fraction of sp³-hybridized carbons (Fsp3) is 0.680. The van der Waals surface area contributed by atoms with Gasteiger partial charge in [0.25, 0.3) is 0 Å². The Hall–Kier alpha value is -1.28. The number of phenolic OH excluding ortho intramolecular Hbond substituents is 1. The number of aliphatic hydroxyl groups is 1. The minimum atomic E-state index is -0.152. The topological polar surface area (TPSA) is 40.5 Å². The molecule has 4 rings (SSSR count). The Bertz CT molecular complexity index is 747. The molecule has 1 fully saturated rings. The lowest BCUT2D eigenvalue weighted by Crippen LogP contribution is -2.41. The van der Waals surface area contributed by atoms with Crippen molar-refractivity contribution in [3.63, 3.8) is 0 Å². The number of phenols is 1. The van der Waals surface area contributed by atoms with Crippen LogP contribution >= 0.6 is 0 Å². The number of allylic oxidation sites excluding steroid dienone is 1. The van der Waals surface area contributed by atoms with Gasteiger partial charge in [-0.15, -0.1) is 0 Å². The molecule has 0 saturated heterocycles. The molecule has 0 aliphatic heterocycles. The van der Waals surface area contributed by atoms with E-state index in [2.05, 4.69) is 26.8 Å². The summed E-state index contributed by atoms with van der Waals surface area (Å²) in [5.41, 5.74) is 6.49. The third kappa shape index (κ3) is 3.05. The fourth-order valence-corrected chi connectivity index (χ4v) is 6.70. The molecule has 1 saturated carbocycles. The monoisotopic (exact) mass is 368 g/mol. The van der Waals surface area contributed by atoms with E-state index >= 15 is 0 Å². The van der Waals surface area contributed by atoms with Crippen LogP contribution in [0.5, 0.6) is 5.75 Å². The average Bonchev–Trinajstić information content (AvgIpc) is 2.96. The Morgan fingerprint density at radius 2 is 1.96 bits per heavy atom. The van der Waals surface area contributed by atoms with Crippen LogP contribution in [-0.4, -0.2) is 16.3 Å². The van der Waals surface area contributed by atoms with E-state index in [1.54, 1.807) is 11.1 Å². The first-order chi connectivity index (χ1) is 12.9. The first-order valence-corrected chi connectivity index (χ1v) is 11.1. The molecule has 3 aliphatic rings. The zero-order valence-electron chi connectivity index (χ0n) is 17.4. The van der Waals surface area contributed by atoms with Gasteiger partial charge in [0.1, 0.15) is 5.75 Å². The standard InChI is InChI=1S/C25H36O2/c1-4-25-13-12-24(11-5-6-17(2)3)16-20(27)15-23(24)22(25)9-7-18-14-19(26)8-10-21(18)25/h8,10,14,17,20,26-27H,4-7,9,11-13,15-16H2,1-3H3/t20-,24-,25-/m1/s1. The largest absolute Gasteiger partial charge is 0.508 e. The van der Waals surface area contributed by atoms with Crippen LogP contribution in [0.3, 0.4) is 0 Å². The molecule has 0 unspecified atom stereocenters. The number of rotatable bonds is 5. The highest BCUT2D eigenvalue weighted by Crippen LogP contribution is 2.62. The number of hydrogen-bond acceptors (Lipinski definition) is 2. The van der Waals surface area contributed by atoms with Gasteiger partial charge in [-0.3, -0.25) is 0 Å². The second-order valence-electron chi connectivity index (χ2n) is 9.86. The highest BCUT2D eigenvalue weighted by molar-refractivity contribution is 5.52. The molecular formula is C25H36O2. The summed E-state index contributed by atoms with van der Waals surface area (Å²) in [6, 6.07) is 6.05. The SMILES string of the molecule is CC[C@]12CC[C@]3(CCCC(C)C)C[C@H](O)CC3=C1CCc1cc(O)ccc12. The third-order valence-electron chi connectivity index (χ3n) is 7.97. The van der Waals surface area contributed by atoms with Crippen molar-refractivity contribution in [1.82, 2.24) is 0 Å². The molecule has 3 aliphatic carbocycles. The lowest BCUT2D eigenvalue weighted by Gasteiger charge is -2.50. The van der Waals surface area contributed by atoms with Gasteiger partial charge in [-0.2, -0.15) is 0 Å². The number of aromatic hydroxyl groups is 1. The van der Waals surface area contributed by atoms with Crippen molar-refractivity contribution in [2.24, 2.45) is 11.3 Å². The molecule has 0 amide bonds. The fourth-order valence-electron chi connectivity index (χ4n) is 6.70. The van der Waals surface area contributed by atoms with Crippen LogP contribution in [0.2, 0.25) is 0 Å². The highest BCUT2D eigenvalue weighted by atomic mass is 16.3. The molecule has 0 spiro atoms. The van der Waals surface area contributed by atoms with Crippen LogP contribution in [0.15, 0.2) is 29.3 Å². The van der Waals surface area contributed by atoms with E-state index in [9.17, 15) is 10.2 Å². The smallest absolute Gasteiger partial charge is 0.115 e. The minimum Gasteiger partial charge on any atom is -0.508 e. The summed E-state index contributed by atoms with van der Waals surface area (Å²) in [5, 5.41) is 20.6. The lowest BCUT2D eigenvalue weighted by molar-refractivity contribution is 0.141. The normalized spacial score (nSPS) is 32.4. The second kappa shape index (κ2) is 6.95. The van der Waals surface area contributed by atoms with E-state index in [0.29, 0.717) is 5.75 Å². The molecule has 0 radical (unpaired) electrons. The van der Waals surface area contributed by atoms with E-state index in [0.717, 1.165) is 38.0 Å². The third-order valence-corrected chi connectivity index (χ3v) is 7.97. The quantitative estimate of drug-likeness (QED) is 0.622. The molecule has 2 nitrogen and oxygen atoms in total. The number of benzene rings is 1. The van der Waals surface area contributed by atoms with E-state index in [1.165, 1.54) is 43.2 Å². The summed E-state index contributed by atoms with van der Waals surface area (Å²) in [6.07, 6.45) is 11.2. The van der Waals surface area contributed by atoms with Gasteiger partial charge in [0.05, 0.1) is 6.10 Å². The molecule has 0 aromatic heterocycles. The molecule has 148 valence electrons. The number of fused-ring (bicyclic) bond motifs is 4. The molecule has 1 aromatic carbocycles. The van der Waals surface area contributed by atoms with Crippen molar-refractivity contribution in [2.45, 2.75) is 96.5 Å². The summed E-state index contributed by atoms with van der Waals surface area (Å²) >= 11 is 0. The van der Waals surface area contributed by atoms with E-state index in [1.807, 2.05) is 12.1 Å². The summed E-state index contributed by atoms with van der Waals surface area (Å²) in [5.74, 6) is 1.16. The van der Waals surface area contributed by atoms with Gasteiger partial charge in [-0.1, -0.05) is 50.8 Å². The van der Waals surface area contributed by atoms with Crippen LogP contribution in [0, 0.1) is 11.3 Å². The molecule has 3 atom stereocenters. The Kier molecular flexibility index (Phi) is 4.91. The van der Waals surface area contributed by atoms with Gasteiger partial charge in [0, 0.05) is 5.41 Å². The van der Waals surface area contributed by atoms with Gasteiger partial charge >= 0.3 is 0 Å². The summed E-state index contributed by atoms with van der Waals surface area (Å²) in [6.45, 7) is 6.97. The van der Waals surface area contributed by atoms with Gasteiger partial charge in [-0.25, -0.2) is 0 Å². The van der Waals surface area contributed by atoms with Crippen molar-refractivity contribution in [1.29, 1.82) is 0 Å². The van der Waals surface area contributed by atoms with Crippen molar-refractivity contribution in [3.05, 3.63) is 40.5 Å². The summed E-state index contributed by atoms with van der Waals surface area (Å²) in [4.78, 5) is 0. The first kappa shape index (κ1) is 19.1. The van der Waals surface area contributed by atoms with Crippen molar-refractivity contribution < 1.29 is 10.2 Å². The van der Waals surface area contributed by atoms with Gasteiger partial charge < -0.3 is 10.2 Å². The van der Waals surface area contributed by atoms with E-state index in [4.69, 9.17) is 0 Å². The molecule has 2 heteroatoms. The van der Waals surface area contributed by atoms with Gasteiger partial charge in [0.15, 0.2) is 0 Å². The van der Waals surface area contributed by atoms with E-state index < -0.39 is 0 Å². The number of aliphatic hydroxyl groups excluding tert-OH is 1. The summed E-state index contributed by atoms with van der Waals surface area (Å²) < 4.78 is 0. The van der Waals surface area contributed by atoms with Crippen molar-refractivity contribution >= 4 is 0 Å². The Morgan fingerprint density at radius 3 is 2.70 bits per heavy atom. The minimum absolute atomic E-state index is 0.141. The highest BCUT2D eigenvalue weighted by Gasteiger charge is 2.53. The molecule has 0 bridgehead atoms. The molecule has 1 aromatic rings. The maximum absolute atomic E-state index is 10.6. The zero-order valence-corrected chi connectivity index (χ0v) is 17.4. The predicted octanol–water partition coefficient (Wildman–Crippen LogP) is 6.04.